The molecular formula is C22H42O2. The molecule has 0 atom stereocenters. The van der Waals surface area contributed by atoms with Crippen molar-refractivity contribution in [3.8, 4) is 0 Å². The number of aliphatic hydroxyl groups excluding tert-OH is 1. The maximum absolute atomic E-state index is 8.93. The lowest BCUT2D eigenvalue weighted by Crippen LogP contribution is -1.84. The van der Waals surface area contributed by atoms with Crippen molar-refractivity contribution in [2.75, 3.05) is 0 Å². The fraction of sp³-hybridized carbons (Fsp3) is 0.909. The standard InChI is InChI=1S/C22H42O2/c1-2-3-4-5-6-7-8-9-10-11-12-13-14-15-16-17-18-19-20-21-22(23)24-21/h23H,2-20H2,1H3. The molecule has 1 aliphatic rings. The quantitative estimate of drug-likeness (QED) is 0.241. The van der Waals surface area contributed by atoms with E-state index in [9.17, 15) is 0 Å². The summed E-state index contributed by atoms with van der Waals surface area (Å²) in [5, 5.41) is 8.93. The molecule has 2 nitrogen and oxygen atoms in total. The summed E-state index contributed by atoms with van der Waals surface area (Å²) in [7, 11) is 0. The van der Waals surface area contributed by atoms with Crippen molar-refractivity contribution < 1.29 is 9.84 Å². The Labute approximate surface area is 151 Å². The molecule has 0 spiro atoms. The Morgan fingerprint density at radius 3 is 1.12 bits per heavy atom. The molecule has 1 heterocycles. The molecule has 2 heteroatoms. The molecule has 142 valence electrons. The summed E-state index contributed by atoms with van der Waals surface area (Å²) in [6.45, 7) is 2.29. The Morgan fingerprint density at radius 1 is 0.542 bits per heavy atom. The van der Waals surface area contributed by atoms with Crippen molar-refractivity contribution in [3.05, 3.63) is 11.7 Å². The SMILES string of the molecule is CCCCCCCCCCCCCCCCCCCCC1=C(O)O1. The van der Waals surface area contributed by atoms with Gasteiger partial charge >= 0.3 is 5.95 Å². The van der Waals surface area contributed by atoms with Crippen molar-refractivity contribution in [2.45, 2.75) is 129 Å². The minimum Gasteiger partial charge on any atom is -0.478 e. The summed E-state index contributed by atoms with van der Waals surface area (Å²) < 4.78 is 4.84. The Balaban J connectivity index is 1.62. The molecule has 0 radical (unpaired) electrons. The van der Waals surface area contributed by atoms with Crippen LogP contribution in [0.15, 0.2) is 11.7 Å². The van der Waals surface area contributed by atoms with E-state index in [0.29, 0.717) is 0 Å². The number of unbranched alkanes of at least 4 members (excludes halogenated alkanes) is 17. The van der Waals surface area contributed by atoms with Crippen LogP contribution in [-0.4, -0.2) is 5.11 Å². The van der Waals surface area contributed by atoms with Crippen LogP contribution in [-0.2, 0) is 4.74 Å². The highest BCUT2D eigenvalue weighted by atomic mass is 16.7. The van der Waals surface area contributed by atoms with Crippen LogP contribution in [0.5, 0.6) is 0 Å². The maximum Gasteiger partial charge on any atom is 0.322 e. The molecule has 0 aromatic carbocycles. The van der Waals surface area contributed by atoms with Gasteiger partial charge in [-0.05, 0) is 6.42 Å². The molecule has 0 amide bonds. The van der Waals surface area contributed by atoms with Gasteiger partial charge in [0.2, 0.25) is 0 Å². The smallest absolute Gasteiger partial charge is 0.322 e. The molecule has 1 rings (SSSR count). The number of hydrogen-bond acceptors (Lipinski definition) is 2. The van der Waals surface area contributed by atoms with E-state index in [1.807, 2.05) is 0 Å². The molecule has 24 heavy (non-hydrogen) atoms. The lowest BCUT2D eigenvalue weighted by molar-refractivity contribution is 0.273. The highest BCUT2D eigenvalue weighted by Crippen LogP contribution is 2.28. The minimum atomic E-state index is 0.182. The summed E-state index contributed by atoms with van der Waals surface area (Å²) in [6, 6.07) is 0. The average Bonchev–Trinajstić information content (AvgIpc) is 3.29. The highest BCUT2D eigenvalue weighted by molar-refractivity contribution is 5.08. The third-order valence-corrected chi connectivity index (χ3v) is 5.17. The van der Waals surface area contributed by atoms with Crippen molar-refractivity contribution in [1.29, 1.82) is 0 Å². The van der Waals surface area contributed by atoms with Crippen molar-refractivity contribution >= 4 is 0 Å². The second-order valence-electron chi connectivity index (χ2n) is 7.59. The monoisotopic (exact) mass is 338 g/mol. The lowest BCUT2D eigenvalue weighted by Gasteiger charge is -2.03. The first-order valence-corrected chi connectivity index (χ1v) is 10.9. The van der Waals surface area contributed by atoms with Crippen LogP contribution in [0, 0.1) is 0 Å². The maximum atomic E-state index is 8.93. The predicted octanol–water partition coefficient (Wildman–Crippen LogP) is 8.18. The number of hydrogen-bond donors (Lipinski definition) is 1. The summed E-state index contributed by atoms with van der Waals surface area (Å²) in [5.41, 5.74) is 0. The summed E-state index contributed by atoms with van der Waals surface area (Å²) in [6.07, 6.45) is 26.3. The average molecular weight is 339 g/mol. The van der Waals surface area contributed by atoms with E-state index in [2.05, 4.69) is 6.92 Å². The zero-order valence-electron chi connectivity index (χ0n) is 16.3. The zero-order chi connectivity index (χ0) is 17.3. The van der Waals surface area contributed by atoms with Crippen LogP contribution < -0.4 is 0 Å². The normalized spacial score (nSPS) is 13.4. The first-order valence-electron chi connectivity index (χ1n) is 10.9. The van der Waals surface area contributed by atoms with E-state index in [1.165, 1.54) is 109 Å². The van der Waals surface area contributed by atoms with Crippen LogP contribution in [0.2, 0.25) is 0 Å². The first kappa shape index (κ1) is 21.4. The highest BCUT2D eigenvalue weighted by Gasteiger charge is 2.22. The largest absolute Gasteiger partial charge is 0.478 e. The Kier molecular flexibility index (Phi) is 14.1. The van der Waals surface area contributed by atoms with Crippen LogP contribution in [0.4, 0.5) is 0 Å². The van der Waals surface area contributed by atoms with Gasteiger partial charge in [-0.2, -0.15) is 0 Å². The van der Waals surface area contributed by atoms with E-state index >= 15 is 0 Å². The van der Waals surface area contributed by atoms with Gasteiger partial charge in [0.05, 0.1) is 0 Å². The van der Waals surface area contributed by atoms with Crippen LogP contribution >= 0.6 is 0 Å². The van der Waals surface area contributed by atoms with E-state index in [0.717, 1.165) is 18.6 Å². The lowest BCUT2D eigenvalue weighted by atomic mass is 10.0. The second kappa shape index (κ2) is 15.8. The molecular weight excluding hydrogens is 296 g/mol. The van der Waals surface area contributed by atoms with Crippen molar-refractivity contribution in [1.82, 2.24) is 0 Å². The van der Waals surface area contributed by atoms with Gasteiger partial charge in [-0.15, -0.1) is 0 Å². The van der Waals surface area contributed by atoms with E-state index in [-0.39, 0.29) is 5.95 Å². The van der Waals surface area contributed by atoms with Gasteiger partial charge in [0.15, 0.2) is 5.76 Å². The van der Waals surface area contributed by atoms with Crippen LogP contribution in [0.3, 0.4) is 0 Å². The van der Waals surface area contributed by atoms with Gasteiger partial charge in [0.1, 0.15) is 0 Å². The first-order chi connectivity index (χ1) is 11.8. The van der Waals surface area contributed by atoms with E-state index in [1.54, 1.807) is 0 Å². The Morgan fingerprint density at radius 2 is 0.833 bits per heavy atom. The number of allylic oxidation sites excluding steroid dienone is 1. The molecule has 0 unspecified atom stereocenters. The third-order valence-electron chi connectivity index (χ3n) is 5.17. The summed E-state index contributed by atoms with van der Waals surface area (Å²) in [5.74, 6) is 1.01. The molecule has 0 bridgehead atoms. The van der Waals surface area contributed by atoms with Gasteiger partial charge < -0.3 is 9.84 Å². The molecule has 1 N–H and O–H groups in total. The van der Waals surface area contributed by atoms with E-state index in [4.69, 9.17) is 9.84 Å². The molecule has 0 aliphatic carbocycles. The molecule has 1 aliphatic heterocycles. The molecule has 0 fully saturated rings. The summed E-state index contributed by atoms with van der Waals surface area (Å²) in [4.78, 5) is 0. The van der Waals surface area contributed by atoms with Crippen molar-refractivity contribution in [2.24, 2.45) is 0 Å². The minimum absolute atomic E-state index is 0.182. The fourth-order valence-electron chi connectivity index (χ4n) is 3.44. The zero-order valence-corrected chi connectivity index (χ0v) is 16.3. The second-order valence-corrected chi connectivity index (χ2v) is 7.59. The van der Waals surface area contributed by atoms with Gasteiger partial charge in [-0.25, -0.2) is 0 Å². The summed E-state index contributed by atoms with van der Waals surface area (Å²) >= 11 is 0. The van der Waals surface area contributed by atoms with Crippen molar-refractivity contribution in [3.63, 3.8) is 0 Å². The molecule has 0 saturated heterocycles. The molecule has 0 aromatic heterocycles. The fourth-order valence-corrected chi connectivity index (χ4v) is 3.44. The van der Waals surface area contributed by atoms with Gasteiger partial charge in [0, 0.05) is 6.42 Å². The topological polar surface area (TPSA) is 32.8 Å². The van der Waals surface area contributed by atoms with Crippen LogP contribution in [0.1, 0.15) is 129 Å². The molecule has 0 saturated carbocycles. The third kappa shape index (κ3) is 13.7. The van der Waals surface area contributed by atoms with Gasteiger partial charge in [-0.3, -0.25) is 0 Å². The molecule has 0 aromatic rings. The van der Waals surface area contributed by atoms with Gasteiger partial charge in [0.25, 0.3) is 0 Å². The van der Waals surface area contributed by atoms with Crippen LogP contribution in [0.25, 0.3) is 0 Å². The Bertz CT molecular complexity index is 309. The number of rotatable bonds is 19. The van der Waals surface area contributed by atoms with Gasteiger partial charge in [-0.1, -0.05) is 116 Å². The number of aliphatic hydroxyl groups is 1. The predicted molar refractivity (Wildman–Crippen MR) is 104 cm³/mol. The number of ether oxygens (including phenoxy) is 1. The Hall–Kier alpha value is -0.660. The van der Waals surface area contributed by atoms with E-state index < -0.39 is 0 Å².